The van der Waals surface area contributed by atoms with Crippen molar-refractivity contribution in [1.82, 2.24) is 20.3 Å². The van der Waals surface area contributed by atoms with Crippen molar-refractivity contribution in [1.29, 1.82) is 0 Å². The molecule has 6 nitrogen and oxygen atoms in total. The molecule has 4 heterocycles. The summed E-state index contributed by atoms with van der Waals surface area (Å²) in [7, 11) is 0. The zero-order valence-electron chi connectivity index (χ0n) is 17.9. The highest BCUT2D eigenvalue weighted by molar-refractivity contribution is 7.98. The minimum Gasteiger partial charge on any atom is -0.477 e. The summed E-state index contributed by atoms with van der Waals surface area (Å²) in [6, 6.07) is 10.7. The van der Waals surface area contributed by atoms with Crippen LogP contribution in [0.4, 0.5) is 5.95 Å². The van der Waals surface area contributed by atoms with Gasteiger partial charge in [-0.3, -0.25) is 0 Å². The van der Waals surface area contributed by atoms with Crippen molar-refractivity contribution >= 4 is 49.5 Å². The lowest BCUT2D eigenvalue weighted by Crippen LogP contribution is -2.44. The molecule has 8 heteroatoms. The van der Waals surface area contributed by atoms with Crippen LogP contribution >= 0.6 is 23.1 Å². The number of nitrogens with zero attached hydrogens (tertiary/aromatic N) is 4. The predicted octanol–water partition coefficient (Wildman–Crippen LogP) is 4.75. The van der Waals surface area contributed by atoms with E-state index in [2.05, 4.69) is 53.7 Å². The number of benzene rings is 1. The van der Waals surface area contributed by atoms with E-state index in [1.165, 1.54) is 10.5 Å². The van der Waals surface area contributed by atoms with E-state index in [9.17, 15) is 0 Å². The Kier molecular flexibility index (Phi) is 5.69. The van der Waals surface area contributed by atoms with Gasteiger partial charge in [0.25, 0.3) is 0 Å². The molecule has 1 fully saturated rings. The molecule has 1 aromatic carbocycles. The lowest BCUT2D eigenvalue weighted by atomic mass is 10.1. The zero-order chi connectivity index (χ0) is 21.4. The number of nitrogens with one attached hydrogen (secondary N) is 1. The number of pyridine rings is 1. The van der Waals surface area contributed by atoms with Gasteiger partial charge in [-0.1, -0.05) is 12.1 Å². The van der Waals surface area contributed by atoms with E-state index in [-0.39, 0.29) is 0 Å². The second kappa shape index (κ2) is 8.61. The van der Waals surface area contributed by atoms with E-state index in [0.29, 0.717) is 12.5 Å². The second-order valence-corrected chi connectivity index (χ2v) is 9.39. The highest BCUT2D eigenvalue weighted by atomic mass is 32.2. The van der Waals surface area contributed by atoms with Gasteiger partial charge in [-0.25, -0.2) is 9.97 Å². The van der Waals surface area contributed by atoms with E-state index in [4.69, 9.17) is 19.7 Å². The molecule has 5 rings (SSSR count). The largest absolute Gasteiger partial charge is 0.477 e. The molecule has 0 aliphatic carbocycles. The number of piperazine rings is 1. The van der Waals surface area contributed by atoms with Gasteiger partial charge in [-0.05, 0) is 43.9 Å². The SMILES string of the molecule is CCOc1nc(N2CCNCC2)nc2c1sc1nc(-c3ccc(SC)cc3)cc(C)c12. The standard InChI is InChI=1S/C23H25N5OS2/c1-4-29-21-20-19(26-23(27-21)28-11-9-24-10-12-28)18-14(2)13-17(25-22(18)31-20)15-5-7-16(30-3)8-6-15/h5-8,13,24H,4,9-12H2,1-3H3. The second-order valence-electron chi connectivity index (χ2n) is 7.51. The van der Waals surface area contributed by atoms with E-state index in [1.54, 1.807) is 23.1 Å². The van der Waals surface area contributed by atoms with Crippen LogP contribution in [0.2, 0.25) is 0 Å². The van der Waals surface area contributed by atoms with Crippen LogP contribution in [-0.2, 0) is 0 Å². The summed E-state index contributed by atoms with van der Waals surface area (Å²) in [5, 5.41) is 4.49. The average Bonchev–Trinajstić information content (AvgIpc) is 3.19. The fourth-order valence-electron chi connectivity index (χ4n) is 3.93. The van der Waals surface area contributed by atoms with Gasteiger partial charge in [0.05, 0.1) is 12.3 Å². The predicted molar refractivity (Wildman–Crippen MR) is 131 cm³/mol. The van der Waals surface area contributed by atoms with Crippen molar-refractivity contribution in [2.45, 2.75) is 18.7 Å². The first-order chi connectivity index (χ1) is 15.2. The molecule has 4 aromatic rings. The molecule has 0 spiro atoms. The first-order valence-corrected chi connectivity index (χ1v) is 12.6. The summed E-state index contributed by atoms with van der Waals surface area (Å²) in [6.07, 6.45) is 2.09. The van der Waals surface area contributed by atoms with Gasteiger partial charge in [-0.15, -0.1) is 23.1 Å². The monoisotopic (exact) mass is 451 g/mol. The minimum absolute atomic E-state index is 0.570. The maximum absolute atomic E-state index is 5.95. The molecule has 1 saturated heterocycles. The highest BCUT2D eigenvalue weighted by Crippen LogP contribution is 2.40. The van der Waals surface area contributed by atoms with Crippen LogP contribution < -0.4 is 15.0 Å². The molecular formula is C23H25N5OS2. The average molecular weight is 452 g/mol. The van der Waals surface area contributed by atoms with Crippen LogP contribution in [0.25, 0.3) is 31.7 Å². The smallest absolute Gasteiger partial charge is 0.236 e. The molecule has 160 valence electrons. The van der Waals surface area contributed by atoms with E-state index in [1.807, 2.05) is 6.92 Å². The quantitative estimate of drug-likeness (QED) is 0.440. The fraction of sp³-hybridized carbons (Fsp3) is 0.348. The van der Waals surface area contributed by atoms with Crippen LogP contribution in [0.1, 0.15) is 12.5 Å². The van der Waals surface area contributed by atoms with Crippen molar-refractivity contribution in [3.63, 3.8) is 0 Å². The molecule has 3 aromatic heterocycles. The molecule has 1 N–H and O–H groups in total. The number of hydrogen-bond donors (Lipinski definition) is 1. The summed E-state index contributed by atoms with van der Waals surface area (Å²) in [5.74, 6) is 1.41. The number of thiophene rings is 1. The van der Waals surface area contributed by atoms with Crippen LogP contribution in [0, 0.1) is 6.92 Å². The molecule has 1 aliphatic rings. The van der Waals surface area contributed by atoms with E-state index >= 15 is 0 Å². The summed E-state index contributed by atoms with van der Waals surface area (Å²) in [6.45, 7) is 8.37. The third-order valence-corrected chi connectivity index (χ3v) is 7.31. The lowest BCUT2D eigenvalue weighted by molar-refractivity contribution is 0.331. The van der Waals surface area contributed by atoms with Gasteiger partial charge in [0, 0.05) is 42.0 Å². The number of hydrogen-bond acceptors (Lipinski definition) is 8. The normalized spacial score (nSPS) is 14.5. The maximum atomic E-state index is 5.95. The summed E-state index contributed by atoms with van der Waals surface area (Å²) in [5.41, 5.74) is 4.23. The van der Waals surface area contributed by atoms with Crippen molar-refractivity contribution in [3.8, 4) is 17.1 Å². The van der Waals surface area contributed by atoms with Crippen LogP contribution in [0.15, 0.2) is 35.2 Å². The van der Waals surface area contributed by atoms with Gasteiger partial charge >= 0.3 is 0 Å². The van der Waals surface area contributed by atoms with Gasteiger partial charge in [-0.2, -0.15) is 4.98 Å². The topological polar surface area (TPSA) is 63.2 Å². The maximum Gasteiger partial charge on any atom is 0.236 e. The Balaban J connectivity index is 1.67. The number of anilines is 1. The van der Waals surface area contributed by atoms with Gasteiger partial charge in [0.15, 0.2) is 0 Å². The first kappa shape index (κ1) is 20.5. The number of ether oxygens (including phenoxy) is 1. The molecule has 0 unspecified atom stereocenters. The fourth-order valence-corrected chi connectivity index (χ4v) is 5.47. The highest BCUT2D eigenvalue weighted by Gasteiger charge is 2.21. The molecule has 0 atom stereocenters. The molecule has 0 amide bonds. The van der Waals surface area contributed by atoms with Crippen molar-refractivity contribution in [3.05, 3.63) is 35.9 Å². The Bertz CT molecular complexity index is 1230. The van der Waals surface area contributed by atoms with E-state index < -0.39 is 0 Å². The van der Waals surface area contributed by atoms with Gasteiger partial charge in [0.2, 0.25) is 11.8 Å². The Morgan fingerprint density at radius 3 is 2.61 bits per heavy atom. The zero-order valence-corrected chi connectivity index (χ0v) is 19.6. The molecule has 0 radical (unpaired) electrons. The third-order valence-electron chi connectivity index (χ3n) is 5.51. The van der Waals surface area contributed by atoms with Crippen LogP contribution in [0.5, 0.6) is 5.88 Å². The van der Waals surface area contributed by atoms with Crippen LogP contribution in [-0.4, -0.2) is 54.0 Å². The van der Waals surface area contributed by atoms with Gasteiger partial charge < -0.3 is 15.0 Å². The molecular weight excluding hydrogens is 426 g/mol. The third kappa shape index (κ3) is 3.84. The Hall–Kier alpha value is -2.42. The number of rotatable bonds is 5. The summed E-state index contributed by atoms with van der Waals surface area (Å²) in [4.78, 5) is 19.2. The Morgan fingerprint density at radius 1 is 1.13 bits per heavy atom. The van der Waals surface area contributed by atoms with Crippen molar-refractivity contribution < 1.29 is 4.74 Å². The molecule has 31 heavy (non-hydrogen) atoms. The Labute approximate surface area is 190 Å². The van der Waals surface area contributed by atoms with Crippen molar-refractivity contribution in [2.75, 3.05) is 43.9 Å². The number of thioether (sulfide) groups is 1. The summed E-state index contributed by atoms with van der Waals surface area (Å²) >= 11 is 3.36. The first-order valence-electron chi connectivity index (χ1n) is 10.5. The van der Waals surface area contributed by atoms with Gasteiger partial charge in [0.1, 0.15) is 15.0 Å². The number of aromatic nitrogens is 3. The van der Waals surface area contributed by atoms with Crippen molar-refractivity contribution in [2.24, 2.45) is 0 Å². The number of aryl methyl sites for hydroxylation is 1. The number of fused-ring (bicyclic) bond motifs is 3. The lowest BCUT2D eigenvalue weighted by Gasteiger charge is -2.27. The minimum atomic E-state index is 0.570. The molecule has 1 aliphatic heterocycles. The summed E-state index contributed by atoms with van der Waals surface area (Å²) < 4.78 is 6.92. The Morgan fingerprint density at radius 2 is 1.90 bits per heavy atom. The van der Waals surface area contributed by atoms with Crippen LogP contribution in [0.3, 0.4) is 0 Å². The molecule has 0 saturated carbocycles. The van der Waals surface area contributed by atoms with E-state index in [0.717, 1.165) is 63.8 Å². The molecule has 0 bridgehead atoms.